The van der Waals surface area contributed by atoms with Gasteiger partial charge in [0.15, 0.2) is 0 Å². The molecule has 1 amide bonds. The third-order valence-corrected chi connectivity index (χ3v) is 2.93. The maximum Gasteiger partial charge on any atom is 0.237 e. The average Bonchev–Trinajstić information content (AvgIpc) is 2.56. The lowest BCUT2D eigenvalue weighted by atomic mass is 10.0. The van der Waals surface area contributed by atoms with E-state index in [9.17, 15) is 4.79 Å². The van der Waals surface area contributed by atoms with E-state index in [4.69, 9.17) is 10.2 Å². The van der Waals surface area contributed by atoms with E-state index in [1.54, 1.807) is 0 Å². The molecule has 0 radical (unpaired) electrons. The molecule has 4 heteroatoms. The molecule has 1 aromatic heterocycles. The first-order valence-electron chi connectivity index (χ1n) is 5.95. The van der Waals surface area contributed by atoms with E-state index in [1.165, 1.54) is 0 Å². The van der Waals surface area contributed by atoms with E-state index in [2.05, 4.69) is 5.32 Å². The summed E-state index contributed by atoms with van der Waals surface area (Å²) in [6.45, 7) is 9.59. The van der Waals surface area contributed by atoms with Crippen LogP contribution in [0.3, 0.4) is 0 Å². The third-order valence-electron chi connectivity index (χ3n) is 2.93. The standard InChI is InChI=1S/C13H22N2O2/c1-7(2)12(14)13(16)15-9(4)11-6-8(3)17-10(11)5/h6-7,9,12H,14H2,1-5H3,(H,15,16)/t9?,12-/m1/s1. The zero-order chi connectivity index (χ0) is 13.2. The molecule has 0 fully saturated rings. The minimum Gasteiger partial charge on any atom is -0.466 e. The van der Waals surface area contributed by atoms with Crippen LogP contribution in [0.4, 0.5) is 0 Å². The number of rotatable bonds is 4. The van der Waals surface area contributed by atoms with Gasteiger partial charge in [0.25, 0.3) is 0 Å². The SMILES string of the molecule is Cc1cc(C(C)NC(=O)[C@H](N)C(C)C)c(C)o1. The maximum absolute atomic E-state index is 11.8. The van der Waals surface area contributed by atoms with Crippen molar-refractivity contribution in [2.75, 3.05) is 0 Å². The van der Waals surface area contributed by atoms with Gasteiger partial charge in [-0.3, -0.25) is 4.79 Å². The van der Waals surface area contributed by atoms with E-state index in [0.29, 0.717) is 0 Å². The number of hydrogen-bond donors (Lipinski definition) is 2. The lowest BCUT2D eigenvalue weighted by molar-refractivity contribution is -0.123. The molecule has 1 heterocycles. The van der Waals surface area contributed by atoms with E-state index in [0.717, 1.165) is 17.1 Å². The van der Waals surface area contributed by atoms with E-state index in [1.807, 2.05) is 40.7 Å². The van der Waals surface area contributed by atoms with E-state index < -0.39 is 6.04 Å². The second kappa shape index (κ2) is 5.36. The zero-order valence-electron chi connectivity index (χ0n) is 11.2. The molecule has 2 atom stereocenters. The van der Waals surface area contributed by atoms with Crippen molar-refractivity contribution in [3.8, 4) is 0 Å². The highest BCUT2D eigenvalue weighted by atomic mass is 16.3. The summed E-state index contributed by atoms with van der Waals surface area (Å²) in [6, 6.07) is 1.40. The lowest BCUT2D eigenvalue weighted by Gasteiger charge is -2.19. The van der Waals surface area contributed by atoms with Crippen molar-refractivity contribution in [2.45, 2.75) is 46.7 Å². The Labute approximate surface area is 103 Å². The Morgan fingerprint density at radius 3 is 2.35 bits per heavy atom. The van der Waals surface area contributed by atoms with Crippen molar-refractivity contribution < 1.29 is 9.21 Å². The van der Waals surface area contributed by atoms with Crippen molar-refractivity contribution in [1.82, 2.24) is 5.32 Å². The number of amides is 1. The number of aryl methyl sites for hydroxylation is 2. The largest absolute Gasteiger partial charge is 0.466 e. The van der Waals surface area contributed by atoms with Crippen LogP contribution in [0.1, 0.15) is 43.9 Å². The monoisotopic (exact) mass is 238 g/mol. The highest BCUT2D eigenvalue weighted by molar-refractivity contribution is 5.82. The average molecular weight is 238 g/mol. The van der Waals surface area contributed by atoms with Crippen LogP contribution in [0, 0.1) is 19.8 Å². The molecular weight excluding hydrogens is 216 g/mol. The van der Waals surface area contributed by atoms with Crippen LogP contribution in [0.2, 0.25) is 0 Å². The molecular formula is C13H22N2O2. The van der Waals surface area contributed by atoms with Gasteiger partial charge in [-0.15, -0.1) is 0 Å². The maximum atomic E-state index is 11.8. The van der Waals surface area contributed by atoms with Gasteiger partial charge in [-0.25, -0.2) is 0 Å². The minimum absolute atomic E-state index is 0.0789. The summed E-state index contributed by atoms with van der Waals surface area (Å²) in [5.41, 5.74) is 6.80. The van der Waals surface area contributed by atoms with Gasteiger partial charge in [0, 0.05) is 5.56 Å². The zero-order valence-corrected chi connectivity index (χ0v) is 11.2. The van der Waals surface area contributed by atoms with Gasteiger partial charge in [-0.1, -0.05) is 13.8 Å². The fraction of sp³-hybridized carbons (Fsp3) is 0.615. The molecule has 4 nitrogen and oxygen atoms in total. The van der Waals surface area contributed by atoms with Crippen molar-refractivity contribution in [3.05, 3.63) is 23.2 Å². The number of carbonyl (C=O) groups excluding carboxylic acids is 1. The fourth-order valence-corrected chi connectivity index (χ4v) is 1.77. The highest BCUT2D eigenvalue weighted by Gasteiger charge is 2.21. The summed E-state index contributed by atoms with van der Waals surface area (Å²) in [5.74, 6) is 1.71. The molecule has 1 rings (SSSR count). The van der Waals surface area contributed by atoms with Crippen molar-refractivity contribution >= 4 is 5.91 Å². The molecule has 0 saturated carbocycles. The third kappa shape index (κ3) is 3.33. The van der Waals surface area contributed by atoms with Crippen molar-refractivity contribution in [3.63, 3.8) is 0 Å². The molecule has 0 aliphatic rings. The summed E-state index contributed by atoms with van der Waals surface area (Å²) < 4.78 is 5.44. The van der Waals surface area contributed by atoms with Gasteiger partial charge >= 0.3 is 0 Å². The van der Waals surface area contributed by atoms with Crippen LogP contribution < -0.4 is 11.1 Å². The van der Waals surface area contributed by atoms with E-state index in [-0.39, 0.29) is 17.9 Å². The first-order chi connectivity index (χ1) is 7.82. The summed E-state index contributed by atoms with van der Waals surface area (Å²) >= 11 is 0. The Morgan fingerprint density at radius 1 is 1.35 bits per heavy atom. The molecule has 1 aromatic rings. The van der Waals surface area contributed by atoms with Crippen LogP contribution in [-0.2, 0) is 4.79 Å². The summed E-state index contributed by atoms with van der Waals surface area (Å²) in [7, 11) is 0. The van der Waals surface area contributed by atoms with Gasteiger partial charge in [0.1, 0.15) is 11.5 Å². The second-order valence-electron chi connectivity index (χ2n) is 4.87. The Hall–Kier alpha value is -1.29. The number of nitrogens with two attached hydrogens (primary N) is 1. The Balaban J connectivity index is 2.70. The first-order valence-corrected chi connectivity index (χ1v) is 5.95. The Kier molecular flexibility index (Phi) is 4.34. The molecule has 0 bridgehead atoms. The predicted molar refractivity (Wildman–Crippen MR) is 67.6 cm³/mol. The van der Waals surface area contributed by atoms with Gasteiger partial charge in [-0.2, -0.15) is 0 Å². The van der Waals surface area contributed by atoms with Crippen molar-refractivity contribution in [2.24, 2.45) is 11.7 Å². The van der Waals surface area contributed by atoms with Crippen LogP contribution in [0.25, 0.3) is 0 Å². The normalized spacial score (nSPS) is 14.8. The molecule has 96 valence electrons. The molecule has 3 N–H and O–H groups in total. The number of furan rings is 1. The number of nitrogens with one attached hydrogen (secondary N) is 1. The predicted octanol–water partition coefficient (Wildman–Crippen LogP) is 2.06. The van der Waals surface area contributed by atoms with Gasteiger partial charge in [0.05, 0.1) is 12.1 Å². The van der Waals surface area contributed by atoms with Gasteiger partial charge in [0.2, 0.25) is 5.91 Å². The van der Waals surface area contributed by atoms with Gasteiger partial charge in [-0.05, 0) is 32.8 Å². The Bertz CT molecular complexity index is 396. The van der Waals surface area contributed by atoms with Crippen molar-refractivity contribution in [1.29, 1.82) is 0 Å². The lowest BCUT2D eigenvalue weighted by Crippen LogP contribution is -2.44. The van der Waals surface area contributed by atoms with Crippen LogP contribution in [0.15, 0.2) is 10.5 Å². The smallest absolute Gasteiger partial charge is 0.237 e. The van der Waals surface area contributed by atoms with Gasteiger partial charge < -0.3 is 15.5 Å². The fourth-order valence-electron chi connectivity index (χ4n) is 1.77. The number of carbonyl (C=O) groups is 1. The number of hydrogen-bond acceptors (Lipinski definition) is 3. The molecule has 0 saturated heterocycles. The second-order valence-corrected chi connectivity index (χ2v) is 4.87. The highest BCUT2D eigenvalue weighted by Crippen LogP contribution is 2.21. The molecule has 1 unspecified atom stereocenters. The molecule has 0 aliphatic carbocycles. The minimum atomic E-state index is -0.467. The molecule has 17 heavy (non-hydrogen) atoms. The van der Waals surface area contributed by atoms with Crippen LogP contribution in [0.5, 0.6) is 0 Å². The van der Waals surface area contributed by atoms with E-state index >= 15 is 0 Å². The summed E-state index contributed by atoms with van der Waals surface area (Å²) in [6.07, 6.45) is 0. The first kappa shape index (κ1) is 13.8. The topological polar surface area (TPSA) is 68.3 Å². The quantitative estimate of drug-likeness (QED) is 0.843. The Morgan fingerprint density at radius 2 is 1.94 bits per heavy atom. The molecule has 0 aliphatic heterocycles. The van der Waals surface area contributed by atoms with Crippen LogP contribution >= 0.6 is 0 Å². The molecule has 0 aromatic carbocycles. The summed E-state index contributed by atoms with van der Waals surface area (Å²) in [5, 5.41) is 2.91. The summed E-state index contributed by atoms with van der Waals surface area (Å²) in [4.78, 5) is 11.8. The molecule has 0 spiro atoms. The van der Waals surface area contributed by atoms with Crippen LogP contribution in [-0.4, -0.2) is 11.9 Å².